The normalized spacial score (nSPS) is 12.3. The highest BCUT2D eigenvalue weighted by atomic mass is 16.5. The number of aliphatic hydroxyl groups is 1. The van der Waals surface area contributed by atoms with Crippen molar-refractivity contribution in [2.45, 2.75) is 12.2 Å². The summed E-state index contributed by atoms with van der Waals surface area (Å²) in [5.74, 6) is -0.816. The number of rotatable bonds is 8. The van der Waals surface area contributed by atoms with Crippen LogP contribution >= 0.6 is 0 Å². The fraction of sp³-hybridized carbons (Fsp3) is 0.103. The average Bonchev–Trinajstić information content (AvgIpc) is 2.92. The number of hydrogen-bond acceptors (Lipinski definition) is 5. The summed E-state index contributed by atoms with van der Waals surface area (Å²) in [6.07, 6.45) is 0. The Kier molecular flexibility index (Phi) is 7.24. The summed E-state index contributed by atoms with van der Waals surface area (Å²) in [4.78, 5) is 25.8. The lowest BCUT2D eigenvalue weighted by atomic mass is 9.85. The van der Waals surface area contributed by atoms with E-state index in [9.17, 15) is 14.7 Å². The molecule has 6 nitrogen and oxygen atoms in total. The number of carbonyl (C=O) groups is 2. The van der Waals surface area contributed by atoms with Gasteiger partial charge in [0.15, 0.2) is 5.60 Å². The van der Waals surface area contributed by atoms with Crippen LogP contribution in [0.5, 0.6) is 5.75 Å². The SMILES string of the molecule is COC(=O)c1ccccc1NC(=O)C(O)(c1ccccc1)c1cccc(OCc2ccccc2)c1. The lowest BCUT2D eigenvalue weighted by Gasteiger charge is -2.28. The van der Waals surface area contributed by atoms with Crippen molar-refractivity contribution in [1.29, 1.82) is 0 Å². The van der Waals surface area contributed by atoms with Gasteiger partial charge in [-0.25, -0.2) is 4.79 Å². The Bertz CT molecular complexity index is 1310. The third-order valence-corrected chi connectivity index (χ3v) is 5.60. The number of esters is 1. The molecule has 0 aliphatic carbocycles. The van der Waals surface area contributed by atoms with Crippen molar-refractivity contribution in [1.82, 2.24) is 0 Å². The summed E-state index contributed by atoms with van der Waals surface area (Å²) in [6, 6.07) is 31.6. The van der Waals surface area contributed by atoms with Crippen LogP contribution in [0.4, 0.5) is 5.69 Å². The minimum Gasteiger partial charge on any atom is -0.489 e. The third kappa shape index (κ3) is 5.23. The first-order valence-corrected chi connectivity index (χ1v) is 11.1. The van der Waals surface area contributed by atoms with Crippen LogP contribution in [0.15, 0.2) is 109 Å². The van der Waals surface area contributed by atoms with Gasteiger partial charge in [-0.15, -0.1) is 0 Å². The number of para-hydroxylation sites is 1. The predicted octanol–water partition coefficient (Wildman–Crippen LogP) is 4.93. The number of methoxy groups -OCH3 is 1. The maximum absolute atomic E-state index is 13.6. The van der Waals surface area contributed by atoms with Crippen LogP contribution in [0, 0.1) is 0 Å². The molecule has 0 spiro atoms. The standard InChI is InChI=1S/C29H25NO5/c1-34-27(31)25-17-8-9-18-26(25)30-28(32)29(33,22-13-6-3-7-14-22)23-15-10-16-24(19-23)35-20-21-11-4-2-5-12-21/h2-19,33H,20H2,1H3,(H,30,32). The van der Waals surface area contributed by atoms with Gasteiger partial charge in [0, 0.05) is 5.56 Å². The molecule has 0 radical (unpaired) electrons. The van der Waals surface area contributed by atoms with Gasteiger partial charge in [-0.3, -0.25) is 4.79 Å². The zero-order valence-electron chi connectivity index (χ0n) is 19.2. The van der Waals surface area contributed by atoms with Gasteiger partial charge in [-0.05, 0) is 35.4 Å². The van der Waals surface area contributed by atoms with Crippen LogP contribution in [0.1, 0.15) is 27.0 Å². The third-order valence-electron chi connectivity index (χ3n) is 5.60. The molecular weight excluding hydrogens is 442 g/mol. The highest BCUT2D eigenvalue weighted by molar-refractivity contribution is 6.05. The monoisotopic (exact) mass is 467 g/mol. The Morgan fingerprint density at radius 2 is 1.43 bits per heavy atom. The first kappa shape index (κ1) is 23.7. The molecule has 4 aromatic carbocycles. The predicted molar refractivity (Wildman–Crippen MR) is 133 cm³/mol. The van der Waals surface area contributed by atoms with Crippen LogP contribution in [-0.2, 0) is 21.7 Å². The summed E-state index contributed by atoms with van der Waals surface area (Å²) < 4.78 is 10.7. The minimum absolute atomic E-state index is 0.179. The average molecular weight is 468 g/mol. The van der Waals surface area contributed by atoms with Crippen molar-refractivity contribution >= 4 is 17.6 Å². The molecule has 1 atom stereocenters. The number of nitrogens with one attached hydrogen (secondary N) is 1. The van der Waals surface area contributed by atoms with Gasteiger partial charge >= 0.3 is 5.97 Å². The van der Waals surface area contributed by atoms with Crippen molar-refractivity contribution in [3.05, 3.63) is 131 Å². The van der Waals surface area contributed by atoms with Crippen molar-refractivity contribution < 1.29 is 24.2 Å². The van der Waals surface area contributed by atoms with Gasteiger partial charge in [0.25, 0.3) is 5.91 Å². The van der Waals surface area contributed by atoms with E-state index in [1.54, 1.807) is 78.9 Å². The Morgan fingerprint density at radius 3 is 2.14 bits per heavy atom. The van der Waals surface area contributed by atoms with E-state index in [0.29, 0.717) is 23.5 Å². The van der Waals surface area contributed by atoms with Gasteiger partial charge < -0.3 is 19.9 Å². The minimum atomic E-state index is -2.06. The molecule has 0 aliphatic heterocycles. The van der Waals surface area contributed by atoms with Gasteiger partial charge in [-0.1, -0.05) is 84.9 Å². The Balaban J connectivity index is 1.69. The maximum atomic E-state index is 13.6. The van der Waals surface area contributed by atoms with E-state index in [-0.39, 0.29) is 11.3 Å². The van der Waals surface area contributed by atoms with Crippen molar-refractivity contribution in [3.8, 4) is 5.75 Å². The Morgan fingerprint density at radius 1 is 0.800 bits per heavy atom. The quantitative estimate of drug-likeness (QED) is 0.359. The van der Waals surface area contributed by atoms with Gasteiger partial charge in [0.05, 0.1) is 18.4 Å². The highest BCUT2D eigenvalue weighted by Crippen LogP contribution is 2.34. The summed E-state index contributed by atoms with van der Waals surface area (Å²) in [7, 11) is 1.27. The molecule has 0 aliphatic rings. The number of benzene rings is 4. The summed E-state index contributed by atoms with van der Waals surface area (Å²) >= 11 is 0. The number of amides is 1. The molecule has 1 unspecified atom stereocenters. The largest absolute Gasteiger partial charge is 0.489 e. The van der Waals surface area contributed by atoms with Gasteiger partial charge in [0.2, 0.25) is 0 Å². The molecule has 176 valence electrons. The van der Waals surface area contributed by atoms with Gasteiger partial charge in [-0.2, -0.15) is 0 Å². The van der Waals surface area contributed by atoms with E-state index < -0.39 is 17.5 Å². The van der Waals surface area contributed by atoms with Crippen LogP contribution in [-0.4, -0.2) is 24.1 Å². The molecule has 6 heteroatoms. The topological polar surface area (TPSA) is 84.9 Å². The summed E-state index contributed by atoms with van der Waals surface area (Å²) in [5, 5.41) is 14.6. The molecule has 2 N–H and O–H groups in total. The van der Waals surface area contributed by atoms with Crippen molar-refractivity contribution in [3.63, 3.8) is 0 Å². The maximum Gasteiger partial charge on any atom is 0.339 e. The van der Waals surface area contributed by atoms with Crippen molar-refractivity contribution in [2.75, 3.05) is 12.4 Å². The molecular formula is C29H25NO5. The second-order valence-electron chi connectivity index (χ2n) is 7.87. The molecule has 35 heavy (non-hydrogen) atoms. The number of anilines is 1. The number of ether oxygens (including phenoxy) is 2. The molecule has 0 bridgehead atoms. The highest BCUT2D eigenvalue weighted by Gasteiger charge is 2.40. The number of hydrogen-bond donors (Lipinski definition) is 2. The van der Waals surface area contributed by atoms with E-state index in [2.05, 4.69) is 5.32 Å². The van der Waals surface area contributed by atoms with Gasteiger partial charge in [0.1, 0.15) is 12.4 Å². The number of carbonyl (C=O) groups excluding carboxylic acids is 2. The molecule has 0 heterocycles. The molecule has 4 rings (SSSR count). The van der Waals surface area contributed by atoms with Crippen molar-refractivity contribution in [2.24, 2.45) is 0 Å². The Labute approximate surface area is 203 Å². The molecule has 0 saturated heterocycles. The molecule has 0 saturated carbocycles. The van der Waals surface area contributed by atoms with E-state index in [0.717, 1.165) is 5.56 Å². The Hall–Kier alpha value is -4.42. The first-order valence-electron chi connectivity index (χ1n) is 11.1. The lowest BCUT2D eigenvalue weighted by molar-refractivity contribution is -0.131. The first-order chi connectivity index (χ1) is 17.0. The van der Waals surface area contributed by atoms with E-state index in [4.69, 9.17) is 9.47 Å². The lowest BCUT2D eigenvalue weighted by Crippen LogP contribution is -2.41. The molecule has 0 aromatic heterocycles. The van der Waals surface area contributed by atoms with E-state index >= 15 is 0 Å². The molecule has 1 amide bonds. The zero-order chi connectivity index (χ0) is 24.7. The van der Waals surface area contributed by atoms with Crippen LogP contribution < -0.4 is 10.1 Å². The fourth-order valence-electron chi connectivity index (χ4n) is 3.75. The summed E-state index contributed by atoms with van der Waals surface area (Å²) in [6.45, 7) is 0.340. The van der Waals surface area contributed by atoms with Crippen LogP contribution in [0.25, 0.3) is 0 Å². The summed E-state index contributed by atoms with van der Waals surface area (Å²) in [5.41, 5.74) is 0.0363. The second kappa shape index (κ2) is 10.7. The second-order valence-corrected chi connectivity index (χ2v) is 7.87. The fourth-order valence-corrected chi connectivity index (χ4v) is 3.75. The van der Waals surface area contributed by atoms with Crippen LogP contribution in [0.3, 0.4) is 0 Å². The zero-order valence-corrected chi connectivity index (χ0v) is 19.2. The smallest absolute Gasteiger partial charge is 0.339 e. The van der Waals surface area contributed by atoms with E-state index in [1.165, 1.54) is 7.11 Å². The molecule has 0 fully saturated rings. The van der Waals surface area contributed by atoms with E-state index in [1.807, 2.05) is 30.3 Å². The molecule has 4 aromatic rings. The van der Waals surface area contributed by atoms with Crippen LogP contribution in [0.2, 0.25) is 0 Å².